The summed E-state index contributed by atoms with van der Waals surface area (Å²) < 4.78 is 6.01. The summed E-state index contributed by atoms with van der Waals surface area (Å²) in [5.74, 6) is -1.71. The summed E-state index contributed by atoms with van der Waals surface area (Å²) >= 11 is 7.46. The van der Waals surface area contributed by atoms with E-state index in [0.29, 0.717) is 24.4 Å². The minimum Gasteiger partial charge on any atom is -0.451 e. The lowest BCUT2D eigenvalue weighted by Gasteiger charge is -2.30. The molecule has 0 bridgehead atoms. The highest BCUT2D eigenvalue weighted by Crippen LogP contribution is 2.35. The number of ether oxygens (including phenoxy) is 1. The summed E-state index contributed by atoms with van der Waals surface area (Å²) in [7, 11) is 0. The minimum atomic E-state index is -0.622. The third kappa shape index (κ3) is 3.77. The SMILES string of the molecule is NC(=O)[C@H]1CCCN(C(=O)COC(=O)c2sc3ccccc3c2Cl)C1. The molecule has 6 nitrogen and oxygen atoms in total. The number of likely N-dealkylation sites (tertiary alicyclic amines) is 1. The van der Waals surface area contributed by atoms with E-state index in [2.05, 4.69) is 0 Å². The van der Waals surface area contributed by atoms with Gasteiger partial charge in [-0.05, 0) is 18.9 Å². The van der Waals surface area contributed by atoms with Crippen molar-refractivity contribution in [2.24, 2.45) is 11.7 Å². The van der Waals surface area contributed by atoms with Crippen molar-refractivity contribution in [3.63, 3.8) is 0 Å². The van der Waals surface area contributed by atoms with Crippen molar-refractivity contribution in [1.29, 1.82) is 0 Å². The maximum Gasteiger partial charge on any atom is 0.350 e. The molecule has 2 amide bonds. The Morgan fingerprint density at radius 2 is 2.08 bits per heavy atom. The van der Waals surface area contributed by atoms with E-state index in [-0.39, 0.29) is 29.9 Å². The van der Waals surface area contributed by atoms with E-state index in [1.54, 1.807) is 0 Å². The molecule has 1 saturated heterocycles. The molecule has 1 aliphatic rings. The predicted octanol–water partition coefficient (Wildman–Crippen LogP) is 2.44. The number of benzene rings is 1. The largest absolute Gasteiger partial charge is 0.451 e. The summed E-state index contributed by atoms with van der Waals surface area (Å²) in [6.07, 6.45) is 1.38. The second-order valence-electron chi connectivity index (χ2n) is 5.90. The van der Waals surface area contributed by atoms with Crippen LogP contribution in [0.1, 0.15) is 22.5 Å². The zero-order valence-corrected chi connectivity index (χ0v) is 14.9. The molecule has 1 fully saturated rings. The number of amides is 2. The van der Waals surface area contributed by atoms with E-state index in [0.717, 1.165) is 10.1 Å². The molecule has 3 rings (SSSR count). The van der Waals surface area contributed by atoms with Crippen LogP contribution in [0.15, 0.2) is 24.3 Å². The number of hydrogen-bond acceptors (Lipinski definition) is 5. The molecule has 1 atom stereocenters. The highest BCUT2D eigenvalue weighted by Gasteiger charge is 2.28. The Labute approximate surface area is 153 Å². The van der Waals surface area contributed by atoms with Crippen LogP contribution < -0.4 is 5.73 Å². The smallest absolute Gasteiger partial charge is 0.350 e. The van der Waals surface area contributed by atoms with Crippen LogP contribution in [-0.4, -0.2) is 42.4 Å². The monoisotopic (exact) mass is 380 g/mol. The first kappa shape index (κ1) is 17.7. The van der Waals surface area contributed by atoms with Gasteiger partial charge in [-0.15, -0.1) is 11.3 Å². The lowest BCUT2D eigenvalue weighted by molar-refractivity contribution is -0.137. The number of carbonyl (C=O) groups excluding carboxylic acids is 3. The summed E-state index contributed by atoms with van der Waals surface area (Å²) in [5.41, 5.74) is 5.31. The number of piperidine rings is 1. The van der Waals surface area contributed by atoms with Gasteiger partial charge >= 0.3 is 5.97 Å². The number of halogens is 1. The molecule has 2 aromatic rings. The fourth-order valence-electron chi connectivity index (χ4n) is 2.87. The number of nitrogens with two attached hydrogens (primary N) is 1. The van der Waals surface area contributed by atoms with Crippen molar-refractivity contribution in [2.45, 2.75) is 12.8 Å². The minimum absolute atomic E-state index is 0.273. The summed E-state index contributed by atoms with van der Waals surface area (Å²) in [4.78, 5) is 37.6. The number of fused-ring (bicyclic) bond motifs is 1. The van der Waals surface area contributed by atoms with Crippen molar-refractivity contribution in [3.05, 3.63) is 34.2 Å². The second kappa shape index (κ2) is 7.41. The van der Waals surface area contributed by atoms with Gasteiger partial charge in [-0.25, -0.2) is 4.79 Å². The van der Waals surface area contributed by atoms with Crippen molar-refractivity contribution in [2.75, 3.05) is 19.7 Å². The molecule has 25 heavy (non-hydrogen) atoms. The van der Waals surface area contributed by atoms with Crippen LogP contribution >= 0.6 is 22.9 Å². The number of esters is 1. The summed E-state index contributed by atoms with van der Waals surface area (Å²) in [5, 5.41) is 1.12. The number of carbonyl (C=O) groups is 3. The van der Waals surface area contributed by atoms with Crippen molar-refractivity contribution >= 4 is 50.8 Å². The van der Waals surface area contributed by atoms with Gasteiger partial charge in [-0.2, -0.15) is 0 Å². The molecule has 0 radical (unpaired) electrons. The van der Waals surface area contributed by atoms with E-state index < -0.39 is 11.9 Å². The summed E-state index contributed by atoms with van der Waals surface area (Å²) in [6.45, 7) is 0.425. The predicted molar refractivity (Wildman–Crippen MR) is 95.6 cm³/mol. The van der Waals surface area contributed by atoms with E-state index in [4.69, 9.17) is 22.1 Å². The number of thiophene rings is 1. The van der Waals surface area contributed by atoms with E-state index in [9.17, 15) is 14.4 Å². The quantitative estimate of drug-likeness (QED) is 0.825. The van der Waals surface area contributed by atoms with Gasteiger partial charge < -0.3 is 15.4 Å². The molecule has 132 valence electrons. The van der Waals surface area contributed by atoms with Gasteiger partial charge in [0.25, 0.3) is 5.91 Å². The van der Waals surface area contributed by atoms with Gasteiger partial charge in [0, 0.05) is 23.2 Å². The van der Waals surface area contributed by atoms with Gasteiger partial charge in [0.05, 0.1) is 10.9 Å². The van der Waals surface area contributed by atoms with Gasteiger partial charge in [0.1, 0.15) is 4.88 Å². The average Bonchev–Trinajstić information content (AvgIpc) is 2.96. The molecule has 0 saturated carbocycles. The molecule has 2 N–H and O–H groups in total. The first-order valence-electron chi connectivity index (χ1n) is 7.88. The fraction of sp³-hybridized carbons (Fsp3) is 0.353. The highest BCUT2D eigenvalue weighted by atomic mass is 35.5. The van der Waals surface area contributed by atoms with Gasteiger partial charge in [-0.1, -0.05) is 29.8 Å². The Kier molecular flexibility index (Phi) is 5.24. The maximum absolute atomic E-state index is 12.3. The fourth-order valence-corrected chi connectivity index (χ4v) is 4.27. The molecule has 0 spiro atoms. The first-order valence-corrected chi connectivity index (χ1v) is 9.08. The van der Waals surface area contributed by atoms with E-state index in [1.165, 1.54) is 16.2 Å². The maximum atomic E-state index is 12.3. The zero-order chi connectivity index (χ0) is 18.0. The number of nitrogens with zero attached hydrogens (tertiary/aromatic N) is 1. The van der Waals surface area contributed by atoms with Gasteiger partial charge in [0.2, 0.25) is 5.91 Å². The van der Waals surface area contributed by atoms with Gasteiger partial charge in [-0.3, -0.25) is 9.59 Å². The molecular formula is C17H17ClN2O4S. The van der Waals surface area contributed by atoms with Crippen molar-refractivity contribution < 1.29 is 19.1 Å². The van der Waals surface area contributed by atoms with Crippen LogP contribution in [-0.2, 0) is 14.3 Å². The Hall–Kier alpha value is -2.12. The number of hydrogen-bond donors (Lipinski definition) is 1. The molecule has 8 heteroatoms. The van der Waals surface area contributed by atoms with Crippen LogP contribution in [0.4, 0.5) is 0 Å². The molecule has 2 heterocycles. The normalized spacial score (nSPS) is 17.5. The lowest BCUT2D eigenvalue weighted by Crippen LogP contribution is -2.45. The van der Waals surface area contributed by atoms with Crippen LogP contribution in [0.25, 0.3) is 10.1 Å². The van der Waals surface area contributed by atoms with Crippen LogP contribution in [0.2, 0.25) is 5.02 Å². The molecule has 1 aromatic carbocycles. The standard InChI is InChI=1S/C17H17ClN2O4S/c18-14-11-5-1-2-6-12(11)25-15(14)17(23)24-9-13(21)20-7-3-4-10(8-20)16(19)22/h1-2,5-6,10H,3-4,7-9H2,(H2,19,22)/t10-/m0/s1. The molecule has 0 aliphatic carbocycles. The Balaban J connectivity index is 1.62. The molecule has 1 aromatic heterocycles. The third-order valence-electron chi connectivity index (χ3n) is 4.22. The Morgan fingerprint density at radius 3 is 2.80 bits per heavy atom. The van der Waals surface area contributed by atoms with Gasteiger partial charge in [0.15, 0.2) is 6.61 Å². The Morgan fingerprint density at radius 1 is 1.32 bits per heavy atom. The average molecular weight is 381 g/mol. The van der Waals surface area contributed by atoms with E-state index >= 15 is 0 Å². The second-order valence-corrected chi connectivity index (χ2v) is 7.33. The highest BCUT2D eigenvalue weighted by molar-refractivity contribution is 7.21. The zero-order valence-electron chi connectivity index (χ0n) is 13.4. The van der Waals surface area contributed by atoms with Crippen molar-refractivity contribution in [3.8, 4) is 0 Å². The molecular weight excluding hydrogens is 364 g/mol. The lowest BCUT2D eigenvalue weighted by atomic mass is 9.97. The van der Waals surface area contributed by atoms with Crippen LogP contribution in [0, 0.1) is 5.92 Å². The summed E-state index contributed by atoms with van der Waals surface area (Å²) in [6, 6.07) is 7.39. The number of rotatable bonds is 4. The van der Waals surface area contributed by atoms with Crippen molar-refractivity contribution in [1.82, 2.24) is 4.90 Å². The van der Waals surface area contributed by atoms with E-state index in [1.807, 2.05) is 24.3 Å². The number of primary amides is 1. The van der Waals surface area contributed by atoms with Crippen LogP contribution in [0.3, 0.4) is 0 Å². The molecule has 1 aliphatic heterocycles. The topological polar surface area (TPSA) is 89.7 Å². The first-order chi connectivity index (χ1) is 12.0. The third-order valence-corrected chi connectivity index (χ3v) is 5.88. The Bertz CT molecular complexity index is 835. The van der Waals surface area contributed by atoms with Crippen LogP contribution in [0.5, 0.6) is 0 Å². The molecule has 0 unspecified atom stereocenters.